The van der Waals surface area contributed by atoms with E-state index in [1.807, 2.05) is 42.2 Å². The highest BCUT2D eigenvalue weighted by Crippen LogP contribution is 2.41. The molecule has 0 saturated carbocycles. The Kier molecular flexibility index (Phi) is 14.4. The molecule has 14 nitrogen and oxygen atoms in total. The van der Waals surface area contributed by atoms with Crippen molar-refractivity contribution in [1.82, 2.24) is 9.88 Å². The van der Waals surface area contributed by atoms with Gasteiger partial charge in [0.2, 0.25) is 0 Å². The Labute approximate surface area is 270 Å². The lowest BCUT2D eigenvalue weighted by atomic mass is 10.2. The molecule has 15 heteroatoms. The topological polar surface area (TPSA) is 193 Å². The molecule has 2 aromatic carbocycles. The first-order chi connectivity index (χ1) is 22.2. The van der Waals surface area contributed by atoms with Gasteiger partial charge < -0.3 is 45.7 Å². The maximum atomic E-state index is 13.4. The zero-order chi connectivity index (χ0) is 33.5. The van der Waals surface area contributed by atoms with Crippen LogP contribution in [0.5, 0.6) is 11.5 Å². The number of aliphatic hydroxyl groups is 2. The van der Waals surface area contributed by atoms with Gasteiger partial charge in [0.15, 0.2) is 21.5 Å². The Morgan fingerprint density at radius 2 is 1.70 bits per heavy atom. The smallest absolute Gasteiger partial charge is 0.183 e. The van der Waals surface area contributed by atoms with Gasteiger partial charge in [-0.15, -0.1) is 10.2 Å². The molecule has 0 aliphatic carbocycles. The van der Waals surface area contributed by atoms with Gasteiger partial charge in [-0.1, -0.05) is 25.1 Å². The molecule has 0 aliphatic heterocycles. The van der Waals surface area contributed by atoms with E-state index in [4.69, 9.17) is 25.1 Å². The number of benzene rings is 2. The van der Waals surface area contributed by atoms with Gasteiger partial charge in [0, 0.05) is 43.0 Å². The number of azo groups is 1. The Morgan fingerprint density at radius 3 is 2.35 bits per heavy atom. The standard InChI is InChI=1S/C31H45N7O7S/c1-5-12-38(13-15-39)14-19-46(41,42)27-21-25(43-3)24(20-26(27)44-4)36-37-29-22(2)28(32)30(34-23-9-7-6-8-10-23)35-31(29)33-11-17-45-18-16-40/h6-10,20-21,39-40H,5,11-19,32H2,1-4H3,(H2,33,34,35)/b37-36+. The van der Waals surface area contributed by atoms with Crippen LogP contribution < -0.4 is 25.8 Å². The molecular weight excluding hydrogens is 614 g/mol. The third kappa shape index (κ3) is 9.99. The Hall–Kier alpha value is -4.02. The predicted octanol–water partition coefficient (Wildman–Crippen LogP) is 4.05. The van der Waals surface area contributed by atoms with E-state index >= 15 is 0 Å². The second-order valence-electron chi connectivity index (χ2n) is 10.2. The average Bonchev–Trinajstić information content (AvgIpc) is 3.05. The first kappa shape index (κ1) is 36.4. The van der Waals surface area contributed by atoms with Crippen LogP contribution in [0.1, 0.15) is 18.9 Å². The molecule has 252 valence electrons. The van der Waals surface area contributed by atoms with Crippen LogP contribution in [-0.2, 0) is 14.6 Å². The Balaban J connectivity index is 1.98. The summed E-state index contributed by atoms with van der Waals surface area (Å²) < 4.78 is 43.2. The molecule has 3 aromatic rings. The SMILES string of the molecule is CCCN(CCO)CCS(=O)(=O)c1cc(OC)c(/N=N/c2c(NCCOCCO)nc(Nc3ccccc3)c(N)c2C)cc1OC. The quantitative estimate of drug-likeness (QED) is 0.0865. The number of pyridine rings is 1. The monoisotopic (exact) mass is 659 g/mol. The normalized spacial score (nSPS) is 11.7. The van der Waals surface area contributed by atoms with Crippen LogP contribution >= 0.6 is 0 Å². The highest BCUT2D eigenvalue weighted by molar-refractivity contribution is 7.91. The number of aliphatic hydroxyl groups excluding tert-OH is 2. The van der Waals surface area contributed by atoms with Crippen LogP contribution in [0.15, 0.2) is 57.6 Å². The van der Waals surface area contributed by atoms with E-state index in [0.717, 1.165) is 12.1 Å². The number of nitrogen functional groups attached to an aromatic ring is 1. The lowest BCUT2D eigenvalue weighted by molar-refractivity contribution is 0.0992. The van der Waals surface area contributed by atoms with E-state index in [0.29, 0.717) is 54.8 Å². The number of rotatable bonds is 20. The maximum Gasteiger partial charge on any atom is 0.183 e. The fraction of sp³-hybridized carbons (Fsp3) is 0.452. The Morgan fingerprint density at radius 1 is 0.957 bits per heavy atom. The summed E-state index contributed by atoms with van der Waals surface area (Å²) in [6, 6.07) is 12.3. The first-order valence-corrected chi connectivity index (χ1v) is 16.6. The molecule has 0 amide bonds. The van der Waals surface area contributed by atoms with Gasteiger partial charge in [-0.3, -0.25) is 0 Å². The van der Waals surface area contributed by atoms with Gasteiger partial charge >= 0.3 is 0 Å². The molecule has 0 radical (unpaired) electrons. The van der Waals surface area contributed by atoms with Crippen molar-refractivity contribution in [2.24, 2.45) is 10.2 Å². The number of nitrogens with two attached hydrogens (primary N) is 1. The first-order valence-electron chi connectivity index (χ1n) is 15.0. The molecule has 0 saturated heterocycles. The number of para-hydroxylation sites is 1. The van der Waals surface area contributed by atoms with Gasteiger partial charge in [0.1, 0.15) is 27.8 Å². The van der Waals surface area contributed by atoms with Crippen molar-refractivity contribution in [2.45, 2.75) is 25.2 Å². The van der Waals surface area contributed by atoms with Crippen LogP contribution in [0.25, 0.3) is 0 Å². The number of methoxy groups -OCH3 is 2. The van der Waals surface area contributed by atoms with Crippen LogP contribution in [0.3, 0.4) is 0 Å². The van der Waals surface area contributed by atoms with Gasteiger partial charge in [-0.25, -0.2) is 13.4 Å². The van der Waals surface area contributed by atoms with Crippen molar-refractivity contribution in [1.29, 1.82) is 0 Å². The van der Waals surface area contributed by atoms with Gasteiger partial charge in [0.25, 0.3) is 0 Å². The zero-order valence-corrected chi connectivity index (χ0v) is 27.6. The number of hydrogen-bond acceptors (Lipinski definition) is 14. The molecule has 0 unspecified atom stereocenters. The summed E-state index contributed by atoms with van der Waals surface area (Å²) in [5.41, 5.74) is 8.83. The molecule has 0 fully saturated rings. The van der Waals surface area contributed by atoms with Crippen LogP contribution in [0.2, 0.25) is 0 Å². The average molecular weight is 660 g/mol. The molecule has 0 aliphatic rings. The largest absolute Gasteiger partial charge is 0.495 e. The van der Waals surface area contributed by atoms with Crippen molar-refractivity contribution in [2.75, 3.05) is 88.9 Å². The number of nitrogens with one attached hydrogen (secondary N) is 2. The van der Waals surface area contributed by atoms with Crippen LogP contribution in [-0.4, -0.2) is 101 Å². The third-order valence-electron chi connectivity index (χ3n) is 6.96. The van der Waals surface area contributed by atoms with Crippen LogP contribution in [0, 0.1) is 6.92 Å². The number of ether oxygens (including phenoxy) is 3. The molecule has 6 N–H and O–H groups in total. The second kappa shape index (κ2) is 18.2. The predicted molar refractivity (Wildman–Crippen MR) is 179 cm³/mol. The minimum Gasteiger partial charge on any atom is -0.495 e. The number of nitrogens with zero attached hydrogens (tertiary/aromatic N) is 4. The van der Waals surface area contributed by atoms with Crippen molar-refractivity contribution in [3.8, 4) is 11.5 Å². The molecule has 3 rings (SSSR count). The molecule has 1 heterocycles. The fourth-order valence-electron chi connectivity index (χ4n) is 4.55. The fourth-order valence-corrected chi connectivity index (χ4v) is 6.00. The Bertz CT molecular complexity index is 1530. The lowest BCUT2D eigenvalue weighted by Gasteiger charge is -2.21. The molecule has 0 spiro atoms. The summed E-state index contributed by atoms with van der Waals surface area (Å²) in [5.74, 6) is 0.905. The molecule has 46 heavy (non-hydrogen) atoms. The van der Waals surface area contributed by atoms with E-state index in [2.05, 4.69) is 25.8 Å². The summed E-state index contributed by atoms with van der Waals surface area (Å²) in [6.45, 7) is 5.83. The highest BCUT2D eigenvalue weighted by atomic mass is 32.2. The minimum atomic E-state index is -3.79. The van der Waals surface area contributed by atoms with E-state index in [1.54, 1.807) is 6.92 Å². The van der Waals surface area contributed by atoms with Gasteiger partial charge in [-0.05, 0) is 32.0 Å². The van der Waals surface area contributed by atoms with Crippen molar-refractivity contribution in [3.05, 3.63) is 48.0 Å². The van der Waals surface area contributed by atoms with E-state index in [-0.39, 0.29) is 54.2 Å². The van der Waals surface area contributed by atoms with Crippen molar-refractivity contribution in [3.63, 3.8) is 0 Å². The van der Waals surface area contributed by atoms with E-state index < -0.39 is 9.84 Å². The number of aromatic nitrogens is 1. The third-order valence-corrected chi connectivity index (χ3v) is 8.67. The van der Waals surface area contributed by atoms with E-state index in [1.165, 1.54) is 26.4 Å². The van der Waals surface area contributed by atoms with Gasteiger partial charge in [-0.2, -0.15) is 0 Å². The summed E-state index contributed by atoms with van der Waals surface area (Å²) in [4.78, 5) is 6.55. The number of hydrogen-bond donors (Lipinski definition) is 5. The highest BCUT2D eigenvalue weighted by Gasteiger charge is 2.24. The molecule has 1 aromatic heterocycles. The lowest BCUT2D eigenvalue weighted by Crippen LogP contribution is -2.32. The molecule has 0 atom stereocenters. The number of anilines is 4. The van der Waals surface area contributed by atoms with Crippen molar-refractivity contribution >= 4 is 44.2 Å². The summed E-state index contributed by atoms with van der Waals surface area (Å²) in [6.07, 6.45) is 0.832. The summed E-state index contributed by atoms with van der Waals surface area (Å²) in [5, 5.41) is 33.7. The van der Waals surface area contributed by atoms with Crippen molar-refractivity contribution < 1.29 is 32.8 Å². The summed E-state index contributed by atoms with van der Waals surface area (Å²) >= 11 is 0. The molecular formula is C31H45N7O7S. The maximum absolute atomic E-state index is 13.4. The summed E-state index contributed by atoms with van der Waals surface area (Å²) in [7, 11) is -0.997. The zero-order valence-electron chi connectivity index (χ0n) is 26.8. The minimum absolute atomic E-state index is 0.0325. The van der Waals surface area contributed by atoms with Gasteiger partial charge in [0.05, 0.1) is 52.1 Å². The molecule has 0 bridgehead atoms. The van der Waals surface area contributed by atoms with E-state index in [9.17, 15) is 13.5 Å². The van der Waals surface area contributed by atoms with Crippen LogP contribution in [0.4, 0.5) is 34.4 Å². The second-order valence-corrected chi connectivity index (χ2v) is 12.3. The number of sulfone groups is 1.